The van der Waals surface area contributed by atoms with Gasteiger partial charge in [0, 0.05) is 10.4 Å². The molecule has 2 rings (SSSR count). The highest BCUT2D eigenvalue weighted by atomic mass is 79.9. The molecule has 2 atom stereocenters. The van der Waals surface area contributed by atoms with Crippen LogP contribution < -0.4 is 5.48 Å². The summed E-state index contributed by atoms with van der Waals surface area (Å²) >= 11 is 3.39. The van der Waals surface area contributed by atoms with E-state index in [4.69, 9.17) is 4.84 Å². The first kappa shape index (κ1) is 11.6. The quantitative estimate of drug-likeness (QED) is 0.863. The maximum atomic E-state index is 11.6. The highest BCUT2D eigenvalue weighted by molar-refractivity contribution is 9.10. The normalized spacial score (nSPS) is 22.9. The molecule has 0 radical (unpaired) electrons. The summed E-state index contributed by atoms with van der Waals surface area (Å²) in [5, 5.41) is 0. The van der Waals surface area contributed by atoms with E-state index in [2.05, 4.69) is 33.5 Å². The van der Waals surface area contributed by atoms with E-state index in [1.54, 1.807) is 0 Å². The highest BCUT2D eigenvalue weighted by Crippen LogP contribution is 2.47. The van der Waals surface area contributed by atoms with Crippen LogP contribution in [0.4, 0.5) is 0 Å². The van der Waals surface area contributed by atoms with Gasteiger partial charge in [-0.05, 0) is 37.0 Å². The van der Waals surface area contributed by atoms with Crippen LogP contribution in [0.2, 0.25) is 0 Å². The Morgan fingerprint density at radius 3 is 2.81 bits per heavy atom. The molecule has 1 saturated carbocycles. The fraction of sp³-hybridized carbons (Fsp3) is 0.417. The van der Waals surface area contributed by atoms with Gasteiger partial charge in [-0.2, -0.15) is 0 Å². The van der Waals surface area contributed by atoms with Crippen LogP contribution in [0.1, 0.15) is 24.8 Å². The Bertz CT molecular complexity index is 377. The van der Waals surface area contributed by atoms with Crippen molar-refractivity contribution in [2.45, 2.75) is 19.3 Å². The number of benzene rings is 1. The van der Waals surface area contributed by atoms with Gasteiger partial charge in [-0.25, -0.2) is 5.48 Å². The molecule has 86 valence electrons. The third-order valence-corrected chi connectivity index (χ3v) is 3.27. The summed E-state index contributed by atoms with van der Waals surface area (Å²) < 4.78 is 1.06. The molecule has 4 heteroatoms. The molecule has 0 unspecified atom stereocenters. The Morgan fingerprint density at radius 1 is 1.50 bits per heavy atom. The summed E-state index contributed by atoms with van der Waals surface area (Å²) in [6.07, 6.45) is 0.917. The second-order valence-corrected chi connectivity index (χ2v) is 4.82. The molecule has 1 aliphatic rings. The Hall–Kier alpha value is -0.870. The van der Waals surface area contributed by atoms with Crippen molar-refractivity contribution < 1.29 is 9.63 Å². The predicted octanol–water partition coefficient (Wildman–Crippen LogP) is 2.62. The van der Waals surface area contributed by atoms with Crippen molar-refractivity contribution in [3.63, 3.8) is 0 Å². The molecule has 0 spiro atoms. The van der Waals surface area contributed by atoms with Gasteiger partial charge in [0.15, 0.2) is 0 Å². The van der Waals surface area contributed by atoms with E-state index < -0.39 is 0 Å². The lowest BCUT2D eigenvalue weighted by molar-refractivity contribution is -0.134. The lowest BCUT2D eigenvalue weighted by Crippen LogP contribution is -2.25. The number of hydroxylamine groups is 1. The molecule has 0 aliphatic heterocycles. The first-order chi connectivity index (χ1) is 7.72. The van der Waals surface area contributed by atoms with E-state index in [9.17, 15) is 4.79 Å². The van der Waals surface area contributed by atoms with Gasteiger partial charge in [-0.1, -0.05) is 28.1 Å². The molecule has 1 aromatic rings. The van der Waals surface area contributed by atoms with Crippen molar-refractivity contribution in [3.05, 3.63) is 34.3 Å². The molecular weight excluding hydrogens is 270 g/mol. The Labute approximate surface area is 103 Å². The average Bonchev–Trinajstić information content (AvgIpc) is 3.07. The van der Waals surface area contributed by atoms with Crippen LogP contribution >= 0.6 is 15.9 Å². The predicted molar refractivity (Wildman–Crippen MR) is 64.8 cm³/mol. The topological polar surface area (TPSA) is 38.3 Å². The number of hydrogen-bond acceptors (Lipinski definition) is 2. The standard InChI is InChI=1S/C12H14BrNO2/c1-2-16-14-12(15)11-7-10(11)8-3-5-9(13)6-4-8/h3-6,10-11H,2,7H2,1H3,(H,14,15)/t10-,11-/m0/s1. The minimum Gasteiger partial charge on any atom is -0.274 e. The van der Waals surface area contributed by atoms with Gasteiger partial charge in [0.05, 0.1) is 6.61 Å². The summed E-state index contributed by atoms with van der Waals surface area (Å²) in [7, 11) is 0. The minimum absolute atomic E-state index is 0.00484. The summed E-state index contributed by atoms with van der Waals surface area (Å²) in [5.41, 5.74) is 3.68. The highest BCUT2D eigenvalue weighted by Gasteiger charge is 2.43. The second kappa shape index (κ2) is 4.97. The summed E-state index contributed by atoms with van der Waals surface area (Å²) in [6, 6.07) is 8.13. The molecule has 0 heterocycles. The lowest BCUT2D eigenvalue weighted by atomic mass is 10.1. The first-order valence-electron chi connectivity index (χ1n) is 5.39. The van der Waals surface area contributed by atoms with Gasteiger partial charge in [0.2, 0.25) is 5.91 Å². The SMILES string of the molecule is CCONC(=O)[C@H]1C[C@H]1c1ccc(Br)cc1. The zero-order valence-corrected chi connectivity index (χ0v) is 10.7. The lowest BCUT2D eigenvalue weighted by Gasteiger charge is -2.03. The minimum atomic E-state index is -0.00484. The molecule has 3 nitrogen and oxygen atoms in total. The number of rotatable bonds is 4. The molecule has 0 aromatic heterocycles. The van der Waals surface area contributed by atoms with E-state index in [0.717, 1.165) is 10.9 Å². The zero-order chi connectivity index (χ0) is 11.5. The molecule has 1 amide bonds. The van der Waals surface area contributed by atoms with Crippen molar-refractivity contribution in [3.8, 4) is 0 Å². The van der Waals surface area contributed by atoms with Crippen molar-refractivity contribution in [2.75, 3.05) is 6.61 Å². The summed E-state index contributed by atoms with van der Waals surface area (Å²) in [4.78, 5) is 16.5. The van der Waals surface area contributed by atoms with Crippen LogP contribution in [0.3, 0.4) is 0 Å². The molecule has 1 N–H and O–H groups in total. The second-order valence-electron chi connectivity index (χ2n) is 3.90. The van der Waals surface area contributed by atoms with Crippen LogP contribution in [0.25, 0.3) is 0 Å². The molecule has 16 heavy (non-hydrogen) atoms. The van der Waals surface area contributed by atoms with Gasteiger partial charge in [-0.15, -0.1) is 0 Å². The number of carbonyl (C=O) groups excluding carboxylic acids is 1. The summed E-state index contributed by atoms with van der Waals surface area (Å²) in [6.45, 7) is 2.35. The van der Waals surface area contributed by atoms with E-state index >= 15 is 0 Å². The van der Waals surface area contributed by atoms with Crippen molar-refractivity contribution >= 4 is 21.8 Å². The van der Waals surface area contributed by atoms with Gasteiger partial charge in [0.25, 0.3) is 0 Å². The maximum absolute atomic E-state index is 11.6. The maximum Gasteiger partial charge on any atom is 0.247 e. The average molecular weight is 284 g/mol. The molecule has 0 saturated heterocycles. The van der Waals surface area contributed by atoms with Gasteiger partial charge >= 0.3 is 0 Å². The zero-order valence-electron chi connectivity index (χ0n) is 9.07. The van der Waals surface area contributed by atoms with E-state index in [-0.39, 0.29) is 11.8 Å². The van der Waals surface area contributed by atoms with E-state index in [1.807, 2.05) is 19.1 Å². The number of amides is 1. The monoisotopic (exact) mass is 283 g/mol. The molecular formula is C12H14BrNO2. The fourth-order valence-electron chi connectivity index (χ4n) is 1.78. The van der Waals surface area contributed by atoms with Crippen LogP contribution in [-0.4, -0.2) is 12.5 Å². The number of hydrogen-bond donors (Lipinski definition) is 1. The smallest absolute Gasteiger partial charge is 0.247 e. The Morgan fingerprint density at radius 2 is 2.19 bits per heavy atom. The fourth-order valence-corrected chi connectivity index (χ4v) is 2.05. The molecule has 1 aliphatic carbocycles. The molecule has 1 aromatic carbocycles. The van der Waals surface area contributed by atoms with Gasteiger partial charge in [0.1, 0.15) is 0 Å². The van der Waals surface area contributed by atoms with Crippen molar-refractivity contribution in [1.29, 1.82) is 0 Å². The van der Waals surface area contributed by atoms with Crippen molar-refractivity contribution in [2.24, 2.45) is 5.92 Å². The first-order valence-corrected chi connectivity index (χ1v) is 6.18. The number of carbonyl (C=O) groups is 1. The summed E-state index contributed by atoms with van der Waals surface area (Å²) in [5.74, 6) is 0.427. The Balaban J connectivity index is 1.91. The third kappa shape index (κ3) is 2.62. The third-order valence-electron chi connectivity index (χ3n) is 2.74. The van der Waals surface area contributed by atoms with E-state index in [0.29, 0.717) is 12.5 Å². The largest absolute Gasteiger partial charge is 0.274 e. The number of halogens is 1. The Kier molecular flexibility index (Phi) is 3.61. The van der Waals surface area contributed by atoms with Gasteiger partial charge in [-0.3, -0.25) is 9.63 Å². The molecule has 0 bridgehead atoms. The van der Waals surface area contributed by atoms with E-state index in [1.165, 1.54) is 5.56 Å². The number of nitrogens with one attached hydrogen (secondary N) is 1. The van der Waals surface area contributed by atoms with Crippen molar-refractivity contribution in [1.82, 2.24) is 5.48 Å². The van der Waals surface area contributed by atoms with Crippen LogP contribution in [0.5, 0.6) is 0 Å². The van der Waals surface area contributed by atoms with Crippen LogP contribution in [0.15, 0.2) is 28.7 Å². The molecule has 1 fully saturated rings. The van der Waals surface area contributed by atoms with Crippen LogP contribution in [-0.2, 0) is 9.63 Å². The van der Waals surface area contributed by atoms with Crippen LogP contribution in [0, 0.1) is 5.92 Å². The van der Waals surface area contributed by atoms with Gasteiger partial charge < -0.3 is 0 Å².